The molecule has 6 heteroatoms. The highest BCUT2D eigenvalue weighted by atomic mass is 16.4. The minimum absolute atomic E-state index is 0.140. The molecule has 2 rings (SSSR count). The van der Waals surface area contributed by atoms with Crippen LogP contribution in [0.3, 0.4) is 0 Å². The zero-order chi connectivity index (χ0) is 14.7. The van der Waals surface area contributed by atoms with E-state index in [2.05, 4.69) is 17.2 Å². The molecule has 2 heterocycles. The van der Waals surface area contributed by atoms with E-state index in [9.17, 15) is 9.59 Å². The molecule has 0 bridgehead atoms. The Morgan fingerprint density at radius 1 is 1.45 bits per heavy atom. The molecule has 2 N–H and O–H groups in total. The summed E-state index contributed by atoms with van der Waals surface area (Å²) in [7, 11) is 0. The molecule has 0 saturated carbocycles. The van der Waals surface area contributed by atoms with Crippen LogP contribution in [0.5, 0.6) is 0 Å². The van der Waals surface area contributed by atoms with Gasteiger partial charge in [0.2, 0.25) is 0 Å². The summed E-state index contributed by atoms with van der Waals surface area (Å²) in [5, 5.41) is 11.7. The van der Waals surface area contributed by atoms with Crippen LogP contribution in [0.4, 0.5) is 10.5 Å². The van der Waals surface area contributed by atoms with E-state index < -0.39 is 5.97 Å². The van der Waals surface area contributed by atoms with Gasteiger partial charge in [0.15, 0.2) is 5.69 Å². The summed E-state index contributed by atoms with van der Waals surface area (Å²) >= 11 is 0. The first-order valence-corrected chi connectivity index (χ1v) is 6.76. The number of anilines is 1. The van der Waals surface area contributed by atoms with Gasteiger partial charge in [-0.15, -0.1) is 0 Å². The van der Waals surface area contributed by atoms with Gasteiger partial charge >= 0.3 is 12.0 Å². The number of likely N-dealkylation sites (tertiary alicyclic amines) is 1. The van der Waals surface area contributed by atoms with E-state index in [-0.39, 0.29) is 23.5 Å². The first kappa shape index (κ1) is 14.3. The highest BCUT2D eigenvalue weighted by Gasteiger charge is 2.29. The molecule has 1 fully saturated rings. The van der Waals surface area contributed by atoms with Crippen LogP contribution in [0.15, 0.2) is 18.3 Å². The lowest BCUT2D eigenvalue weighted by molar-refractivity contribution is 0.0691. The topological polar surface area (TPSA) is 82.5 Å². The van der Waals surface area contributed by atoms with Crippen molar-refractivity contribution in [3.63, 3.8) is 0 Å². The number of carbonyl (C=O) groups excluding carboxylic acids is 1. The van der Waals surface area contributed by atoms with Gasteiger partial charge < -0.3 is 15.3 Å². The second-order valence-electron chi connectivity index (χ2n) is 5.19. The summed E-state index contributed by atoms with van der Waals surface area (Å²) in [4.78, 5) is 28.9. The van der Waals surface area contributed by atoms with Crippen LogP contribution >= 0.6 is 0 Å². The summed E-state index contributed by atoms with van der Waals surface area (Å²) in [5.74, 6) is -0.705. The van der Waals surface area contributed by atoms with Crippen LogP contribution in [0.2, 0.25) is 0 Å². The second kappa shape index (κ2) is 5.90. The number of piperidine rings is 1. The Labute approximate surface area is 117 Å². The highest BCUT2D eigenvalue weighted by molar-refractivity contribution is 5.98. The minimum atomic E-state index is -1.15. The SMILES string of the molecule is CC1CCCN(C(=O)Nc2cccnc2C(=O)O)C1C. The van der Waals surface area contributed by atoms with Crippen molar-refractivity contribution in [3.05, 3.63) is 24.0 Å². The van der Waals surface area contributed by atoms with Gasteiger partial charge in [-0.2, -0.15) is 0 Å². The van der Waals surface area contributed by atoms with Crippen LogP contribution in [0, 0.1) is 5.92 Å². The molecule has 0 aliphatic carbocycles. The van der Waals surface area contributed by atoms with Crippen molar-refractivity contribution >= 4 is 17.7 Å². The fourth-order valence-corrected chi connectivity index (χ4v) is 2.49. The van der Waals surface area contributed by atoms with Crippen molar-refractivity contribution in [1.82, 2.24) is 9.88 Å². The van der Waals surface area contributed by atoms with E-state index in [4.69, 9.17) is 5.11 Å². The van der Waals surface area contributed by atoms with E-state index >= 15 is 0 Å². The predicted octanol–water partition coefficient (Wildman–Crippen LogP) is 2.43. The van der Waals surface area contributed by atoms with Gasteiger partial charge in [0.25, 0.3) is 0 Å². The number of pyridine rings is 1. The van der Waals surface area contributed by atoms with Crippen molar-refractivity contribution in [2.75, 3.05) is 11.9 Å². The van der Waals surface area contributed by atoms with Gasteiger partial charge in [0, 0.05) is 18.8 Å². The number of amides is 2. The third-order valence-electron chi connectivity index (χ3n) is 3.89. The van der Waals surface area contributed by atoms with E-state index in [1.807, 2.05) is 6.92 Å². The normalized spacial score (nSPS) is 22.4. The van der Waals surface area contributed by atoms with Gasteiger partial charge in [-0.25, -0.2) is 14.6 Å². The Kier molecular flexibility index (Phi) is 4.22. The molecular formula is C14H19N3O3. The average molecular weight is 277 g/mol. The summed E-state index contributed by atoms with van der Waals surface area (Å²) in [6, 6.07) is 3.03. The van der Waals surface area contributed by atoms with Crippen molar-refractivity contribution in [3.8, 4) is 0 Å². The monoisotopic (exact) mass is 277 g/mol. The summed E-state index contributed by atoms with van der Waals surface area (Å²) < 4.78 is 0. The lowest BCUT2D eigenvalue weighted by Crippen LogP contribution is -2.48. The minimum Gasteiger partial charge on any atom is -0.476 e. The Morgan fingerprint density at radius 2 is 2.20 bits per heavy atom. The Balaban J connectivity index is 2.14. The van der Waals surface area contributed by atoms with Crippen LogP contribution in [-0.2, 0) is 0 Å². The largest absolute Gasteiger partial charge is 0.476 e. The van der Waals surface area contributed by atoms with Crippen LogP contribution in [0.1, 0.15) is 37.2 Å². The molecule has 2 atom stereocenters. The highest BCUT2D eigenvalue weighted by Crippen LogP contribution is 2.24. The Hall–Kier alpha value is -2.11. The maximum absolute atomic E-state index is 12.3. The van der Waals surface area contributed by atoms with Crippen LogP contribution in [-0.4, -0.2) is 39.6 Å². The molecule has 2 amide bonds. The molecule has 20 heavy (non-hydrogen) atoms. The van der Waals surface area contributed by atoms with Gasteiger partial charge in [0.1, 0.15) is 0 Å². The molecule has 108 valence electrons. The number of urea groups is 1. The molecule has 1 aromatic rings. The number of hydrogen-bond donors (Lipinski definition) is 2. The predicted molar refractivity (Wildman–Crippen MR) is 74.8 cm³/mol. The first-order chi connectivity index (χ1) is 9.50. The van der Waals surface area contributed by atoms with E-state index in [1.165, 1.54) is 6.20 Å². The molecule has 1 aromatic heterocycles. The number of aromatic nitrogens is 1. The number of carboxylic acid groups (broad SMARTS) is 1. The van der Waals surface area contributed by atoms with Gasteiger partial charge in [-0.05, 0) is 37.8 Å². The molecule has 1 saturated heterocycles. The molecule has 0 spiro atoms. The van der Waals surface area contributed by atoms with Crippen molar-refractivity contribution in [2.45, 2.75) is 32.7 Å². The fraction of sp³-hybridized carbons (Fsp3) is 0.500. The zero-order valence-corrected chi connectivity index (χ0v) is 11.7. The van der Waals surface area contributed by atoms with Crippen molar-refractivity contribution < 1.29 is 14.7 Å². The van der Waals surface area contributed by atoms with Gasteiger partial charge in [-0.3, -0.25) is 0 Å². The quantitative estimate of drug-likeness (QED) is 0.869. The van der Waals surface area contributed by atoms with Crippen LogP contribution in [0.25, 0.3) is 0 Å². The number of carboxylic acids is 1. The fourth-order valence-electron chi connectivity index (χ4n) is 2.49. The Bertz CT molecular complexity index is 518. The molecular weight excluding hydrogens is 258 g/mol. The van der Waals surface area contributed by atoms with E-state index in [1.54, 1.807) is 17.0 Å². The number of rotatable bonds is 2. The van der Waals surface area contributed by atoms with Crippen molar-refractivity contribution in [2.24, 2.45) is 5.92 Å². The van der Waals surface area contributed by atoms with E-state index in [0.29, 0.717) is 12.5 Å². The lowest BCUT2D eigenvalue weighted by atomic mass is 9.92. The van der Waals surface area contributed by atoms with Crippen LogP contribution < -0.4 is 5.32 Å². The smallest absolute Gasteiger partial charge is 0.356 e. The molecule has 6 nitrogen and oxygen atoms in total. The summed E-state index contributed by atoms with van der Waals surface area (Å²) in [6.45, 7) is 4.83. The third-order valence-corrected chi connectivity index (χ3v) is 3.89. The standard InChI is InChI=1S/C14H19N3O3/c1-9-5-4-8-17(10(9)2)14(20)16-11-6-3-7-15-12(11)13(18)19/h3,6-7,9-10H,4-5,8H2,1-2H3,(H,16,20)(H,18,19). The first-order valence-electron chi connectivity index (χ1n) is 6.76. The molecule has 1 aliphatic rings. The maximum atomic E-state index is 12.3. The zero-order valence-electron chi connectivity index (χ0n) is 11.7. The maximum Gasteiger partial charge on any atom is 0.356 e. The summed E-state index contributed by atoms with van der Waals surface area (Å²) in [6.07, 6.45) is 3.47. The van der Waals surface area contributed by atoms with E-state index in [0.717, 1.165) is 12.8 Å². The molecule has 0 aromatic carbocycles. The third kappa shape index (κ3) is 2.89. The molecule has 2 unspecified atom stereocenters. The molecule has 1 aliphatic heterocycles. The number of hydrogen-bond acceptors (Lipinski definition) is 3. The Morgan fingerprint density at radius 3 is 2.90 bits per heavy atom. The number of nitrogens with zero attached hydrogens (tertiary/aromatic N) is 2. The van der Waals surface area contributed by atoms with Gasteiger partial charge in [-0.1, -0.05) is 6.92 Å². The number of aromatic carboxylic acids is 1. The number of carbonyl (C=O) groups is 2. The van der Waals surface area contributed by atoms with Gasteiger partial charge in [0.05, 0.1) is 5.69 Å². The lowest BCUT2D eigenvalue weighted by Gasteiger charge is -2.37. The van der Waals surface area contributed by atoms with Crippen molar-refractivity contribution in [1.29, 1.82) is 0 Å². The number of nitrogens with one attached hydrogen (secondary N) is 1. The second-order valence-corrected chi connectivity index (χ2v) is 5.19. The molecule has 0 radical (unpaired) electrons. The average Bonchev–Trinajstić information content (AvgIpc) is 2.42. The summed E-state index contributed by atoms with van der Waals surface area (Å²) in [5.41, 5.74) is 0.0917.